The summed E-state index contributed by atoms with van der Waals surface area (Å²) >= 11 is 0. The molecule has 0 aliphatic heterocycles. The Kier molecular flexibility index (Phi) is 5.30. The van der Waals surface area contributed by atoms with E-state index in [2.05, 4.69) is 46.9 Å². The molecule has 96 valence electrons. The van der Waals surface area contributed by atoms with Gasteiger partial charge < -0.3 is 5.32 Å². The van der Waals surface area contributed by atoms with Crippen LogP contribution in [-0.2, 0) is 0 Å². The third kappa shape index (κ3) is 4.08. The van der Waals surface area contributed by atoms with Crippen molar-refractivity contribution in [2.45, 2.75) is 72.9 Å². The zero-order valence-electron chi connectivity index (χ0n) is 12.1. The molecule has 0 aromatic rings. The highest BCUT2D eigenvalue weighted by molar-refractivity contribution is 4.83. The van der Waals surface area contributed by atoms with E-state index in [4.69, 9.17) is 0 Å². The fourth-order valence-electron chi connectivity index (χ4n) is 3.52. The summed E-state index contributed by atoms with van der Waals surface area (Å²) in [4.78, 5) is 0. The van der Waals surface area contributed by atoms with Gasteiger partial charge in [-0.05, 0) is 49.9 Å². The average molecular weight is 225 g/mol. The second-order valence-electron chi connectivity index (χ2n) is 6.65. The molecule has 16 heavy (non-hydrogen) atoms. The van der Waals surface area contributed by atoms with Gasteiger partial charge in [0, 0.05) is 12.1 Å². The largest absolute Gasteiger partial charge is 0.312 e. The Morgan fingerprint density at radius 1 is 0.875 bits per heavy atom. The van der Waals surface area contributed by atoms with Gasteiger partial charge in [-0.25, -0.2) is 0 Å². The highest BCUT2D eigenvalue weighted by atomic mass is 14.9. The van der Waals surface area contributed by atoms with Crippen molar-refractivity contribution in [1.29, 1.82) is 0 Å². The molecule has 0 amide bonds. The minimum Gasteiger partial charge on any atom is -0.312 e. The first-order chi connectivity index (χ1) is 7.40. The van der Waals surface area contributed by atoms with E-state index in [-0.39, 0.29) is 0 Å². The normalized spacial score (nSPS) is 35.1. The molecule has 1 fully saturated rings. The van der Waals surface area contributed by atoms with Crippen LogP contribution >= 0.6 is 0 Å². The monoisotopic (exact) mass is 225 g/mol. The maximum Gasteiger partial charge on any atom is 0.00693 e. The summed E-state index contributed by atoms with van der Waals surface area (Å²) in [6.45, 7) is 14.1. The Hall–Kier alpha value is -0.0400. The predicted molar refractivity (Wildman–Crippen MR) is 72.6 cm³/mol. The van der Waals surface area contributed by atoms with E-state index < -0.39 is 0 Å². The molecule has 1 heteroatoms. The highest BCUT2D eigenvalue weighted by Crippen LogP contribution is 2.37. The van der Waals surface area contributed by atoms with Gasteiger partial charge in [0.2, 0.25) is 0 Å². The van der Waals surface area contributed by atoms with E-state index >= 15 is 0 Å². The molecular weight excluding hydrogens is 194 g/mol. The third-order valence-electron chi connectivity index (χ3n) is 4.34. The van der Waals surface area contributed by atoms with E-state index in [1.165, 1.54) is 19.3 Å². The van der Waals surface area contributed by atoms with E-state index in [1.54, 1.807) is 0 Å². The van der Waals surface area contributed by atoms with Crippen LogP contribution < -0.4 is 5.32 Å². The first-order valence-corrected chi connectivity index (χ1v) is 7.16. The molecule has 1 nitrogen and oxygen atoms in total. The van der Waals surface area contributed by atoms with Crippen LogP contribution in [0.25, 0.3) is 0 Å². The van der Waals surface area contributed by atoms with Gasteiger partial charge in [-0.2, -0.15) is 0 Å². The number of hydrogen-bond donors (Lipinski definition) is 1. The van der Waals surface area contributed by atoms with Gasteiger partial charge in [-0.1, -0.05) is 34.6 Å². The maximum absolute atomic E-state index is 3.67. The van der Waals surface area contributed by atoms with Gasteiger partial charge in [0.25, 0.3) is 0 Å². The molecule has 1 N–H and O–H groups in total. The lowest BCUT2D eigenvalue weighted by Gasteiger charge is -2.38. The summed E-state index contributed by atoms with van der Waals surface area (Å²) in [5, 5.41) is 3.67. The average Bonchev–Trinajstić information content (AvgIpc) is 2.13. The summed E-state index contributed by atoms with van der Waals surface area (Å²) in [5.74, 6) is 3.61. The van der Waals surface area contributed by atoms with Gasteiger partial charge in [-0.15, -0.1) is 0 Å². The van der Waals surface area contributed by atoms with Gasteiger partial charge >= 0.3 is 0 Å². The molecule has 0 spiro atoms. The van der Waals surface area contributed by atoms with Crippen molar-refractivity contribution in [3.63, 3.8) is 0 Å². The minimum atomic E-state index is 0.607. The minimum absolute atomic E-state index is 0.607. The zero-order valence-corrected chi connectivity index (χ0v) is 12.1. The number of hydrogen-bond acceptors (Lipinski definition) is 1. The third-order valence-corrected chi connectivity index (χ3v) is 4.34. The van der Waals surface area contributed by atoms with Gasteiger partial charge in [0.05, 0.1) is 0 Å². The number of nitrogens with one attached hydrogen (secondary N) is 1. The zero-order chi connectivity index (χ0) is 12.3. The van der Waals surface area contributed by atoms with Crippen LogP contribution in [0.2, 0.25) is 0 Å². The van der Waals surface area contributed by atoms with Crippen molar-refractivity contribution in [3.05, 3.63) is 0 Å². The molecule has 1 aliphatic carbocycles. The Labute approximate surface area is 102 Å². The van der Waals surface area contributed by atoms with Crippen molar-refractivity contribution in [3.8, 4) is 0 Å². The Morgan fingerprint density at radius 2 is 1.38 bits per heavy atom. The lowest BCUT2D eigenvalue weighted by molar-refractivity contribution is 0.144. The first kappa shape index (κ1) is 14.0. The first-order valence-electron chi connectivity index (χ1n) is 7.16. The summed E-state index contributed by atoms with van der Waals surface area (Å²) in [6.07, 6.45) is 4.32. The molecule has 0 heterocycles. The van der Waals surface area contributed by atoms with Crippen molar-refractivity contribution in [1.82, 2.24) is 5.32 Å². The molecule has 0 bridgehead atoms. The molecule has 0 aromatic carbocycles. The van der Waals surface area contributed by atoms with Crippen LogP contribution in [0.4, 0.5) is 0 Å². The summed E-state index contributed by atoms with van der Waals surface area (Å²) < 4.78 is 0. The van der Waals surface area contributed by atoms with Crippen LogP contribution in [0, 0.1) is 23.7 Å². The van der Waals surface area contributed by atoms with Gasteiger partial charge in [0.1, 0.15) is 0 Å². The molecule has 4 unspecified atom stereocenters. The van der Waals surface area contributed by atoms with Crippen molar-refractivity contribution >= 4 is 0 Å². The van der Waals surface area contributed by atoms with Gasteiger partial charge in [0.15, 0.2) is 0 Å². The molecule has 1 saturated carbocycles. The Bertz CT molecular complexity index is 190. The fraction of sp³-hybridized carbons (Fsp3) is 1.00. The molecule has 0 saturated heterocycles. The van der Waals surface area contributed by atoms with Crippen LogP contribution in [-0.4, -0.2) is 12.1 Å². The highest BCUT2D eigenvalue weighted by Gasteiger charge is 2.30. The van der Waals surface area contributed by atoms with E-state index in [0.29, 0.717) is 12.1 Å². The van der Waals surface area contributed by atoms with E-state index in [0.717, 1.165) is 23.7 Å². The quantitative estimate of drug-likeness (QED) is 0.760. The topological polar surface area (TPSA) is 12.0 Å². The van der Waals surface area contributed by atoms with Gasteiger partial charge in [-0.3, -0.25) is 0 Å². The van der Waals surface area contributed by atoms with Crippen LogP contribution in [0.15, 0.2) is 0 Å². The molecule has 0 aromatic heterocycles. The van der Waals surface area contributed by atoms with Crippen molar-refractivity contribution in [2.75, 3.05) is 0 Å². The fourth-order valence-corrected chi connectivity index (χ4v) is 3.52. The molecular formula is C15H31N. The Balaban J connectivity index is 2.48. The summed E-state index contributed by atoms with van der Waals surface area (Å²) in [5.41, 5.74) is 0. The molecule has 0 radical (unpaired) electrons. The second-order valence-corrected chi connectivity index (χ2v) is 6.65. The molecule has 1 rings (SSSR count). The van der Waals surface area contributed by atoms with Crippen LogP contribution in [0.5, 0.6) is 0 Å². The standard InChI is InChI=1S/C15H31N/c1-10(2)16-14(6)13(5)15-8-11(3)7-12(4)9-15/h10-16H,7-9H2,1-6H3. The van der Waals surface area contributed by atoms with E-state index in [9.17, 15) is 0 Å². The maximum atomic E-state index is 3.67. The van der Waals surface area contributed by atoms with Crippen LogP contribution in [0.3, 0.4) is 0 Å². The van der Waals surface area contributed by atoms with Crippen molar-refractivity contribution in [2.24, 2.45) is 23.7 Å². The SMILES string of the molecule is CC1CC(C)CC(C(C)C(C)NC(C)C)C1. The smallest absolute Gasteiger partial charge is 0.00693 e. The molecule has 1 aliphatic rings. The lowest BCUT2D eigenvalue weighted by atomic mass is 9.70. The second kappa shape index (κ2) is 6.05. The van der Waals surface area contributed by atoms with Crippen molar-refractivity contribution < 1.29 is 0 Å². The lowest BCUT2D eigenvalue weighted by Crippen LogP contribution is -2.41. The molecule has 4 atom stereocenters. The number of rotatable bonds is 4. The Morgan fingerprint density at radius 3 is 1.81 bits per heavy atom. The van der Waals surface area contributed by atoms with Crippen LogP contribution in [0.1, 0.15) is 60.8 Å². The predicted octanol–water partition coefficient (Wildman–Crippen LogP) is 4.08. The summed E-state index contributed by atoms with van der Waals surface area (Å²) in [7, 11) is 0. The van der Waals surface area contributed by atoms with E-state index in [1.807, 2.05) is 0 Å². The summed E-state index contributed by atoms with van der Waals surface area (Å²) in [6, 6.07) is 1.26.